The van der Waals surface area contributed by atoms with Gasteiger partial charge in [-0.15, -0.1) is 11.3 Å². The van der Waals surface area contributed by atoms with Crippen molar-refractivity contribution in [3.63, 3.8) is 0 Å². The Morgan fingerprint density at radius 3 is 2.80 bits per heavy atom. The third-order valence-corrected chi connectivity index (χ3v) is 4.63. The molecular weight excluding hydrogens is 359 g/mol. The van der Waals surface area contributed by atoms with E-state index < -0.39 is 12.7 Å². The molecule has 1 saturated heterocycles. The molecule has 0 unspecified atom stereocenters. The van der Waals surface area contributed by atoms with Crippen LogP contribution >= 0.6 is 27.3 Å². The fourth-order valence-electron chi connectivity index (χ4n) is 2.04. The van der Waals surface area contributed by atoms with E-state index in [1.54, 1.807) is 0 Å². The molecule has 0 radical (unpaired) electrons. The van der Waals surface area contributed by atoms with Gasteiger partial charge in [-0.2, -0.15) is 18.2 Å². The Kier molecular flexibility index (Phi) is 3.59. The van der Waals surface area contributed by atoms with Crippen molar-refractivity contribution in [2.24, 2.45) is 0 Å². The van der Waals surface area contributed by atoms with Gasteiger partial charge in [0.15, 0.2) is 0 Å². The maximum atomic E-state index is 12.2. The molecule has 9 heteroatoms. The molecule has 3 heterocycles. The summed E-state index contributed by atoms with van der Waals surface area (Å²) in [6, 6.07) is 1.87. The Morgan fingerprint density at radius 2 is 2.20 bits per heavy atom. The first kappa shape index (κ1) is 14.0. The van der Waals surface area contributed by atoms with Gasteiger partial charge in [-0.25, -0.2) is 0 Å². The first-order chi connectivity index (χ1) is 9.40. The Bertz CT molecular complexity index is 606. The van der Waals surface area contributed by atoms with Crippen molar-refractivity contribution in [3.8, 4) is 10.7 Å². The number of halogens is 4. The number of hydrogen-bond acceptors (Lipinski definition) is 5. The highest BCUT2D eigenvalue weighted by atomic mass is 79.9. The third-order valence-electron chi connectivity index (χ3n) is 2.94. The van der Waals surface area contributed by atoms with Crippen LogP contribution in [0.4, 0.5) is 13.2 Å². The summed E-state index contributed by atoms with van der Waals surface area (Å²) in [6.45, 7) is -0.285. The van der Waals surface area contributed by atoms with Crippen molar-refractivity contribution in [3.05, 3.63) is 21.8 Å². The zero-order valence-electron chi connectivity index (χ0n) is 10.0. The Labute approximate surface area is 124 Å². The van der Waals surface area contributed by atoms with Crippen LogP contribution in [0.1, 0.15) is 11.8 Å². The van der Waals surface area contributed by atoms with E-state index in [-0.39, 0.29) is 5.92 Å². The quantitative estimate of drug-likeness (QED) is 0.832. The molecule has 1 aliphatic rings. The van der Waals surface area contributed by atoms with E-state index in [1.165, 1.54) is 16.2 Å². The van der Waals surface area contributed by atoms with Crippen molar-refractivity contribution in [2.75, 3.05) is 19.6 Å². The second-order valence-corrected chi connectivity index (χ2v) is 6.42. The maximum Gasteiger partial charge on any atom is 0.401 e. The van der Waals surface area contributed by atoms with Crippen molar-refractivity contribution in [1.82, 2.24) is 15.0 Å². The standard InChI is InChI=1S/C11H9BrF3N3OS/c12-7-1-8(20-4-7)9-16-10(19-17-9)6-2-18(3-6)5-11(13,14)15/h1,4,6H,2-3,5H2. The van der Waals surface area contributed by atoms with Gasteiger partial charge in [0, 0.05) is 22.9 Å². The van der Waals surface area contributed by atoms with Gasteiger partial charge in [0.05, 0.1) is 17.3 Å². The van der Waals surface area contributed by atoms with Crippen molar-refractivity contribution >= 4 is 27.3 Å². The average molecular weight is 368 g/mol. The summed E-state index contributed by atoms with van der Waals surface area (Å²) in [6.07, 6.45) is -4.16. The van der Waals surface area contributed by atoms with Crippen molar-refractivity contribution in [2.45, 2.75) is 12.1 Å². The lowest BCUT2D eigenvalue weighted by molar-refractivity contribution is -0.155. The number of thiophene rings is 1. The number of nitrogens with zero attached hydrogens (tertiary/aromatic N) is 3. The molecular formula is C11H9BrF3N3OS. The predicted octanol–water partition coefficient (Wildman–Crippen LogP) is 3.52. The minimum Gasteiger partial charge on any atom is -0.339 e. The van der Waals surface area contributed by atoms with Gasteiger partial charge in [-0.1, -0.05) is 5.16 Å². The summed E-state index contributed by atoms with van der Waals surface area (Å²) in [7, 11) is 0. The molecule has 2 aromatic heterocycles. The van der Waals surface area contributed by atoms with Gasteiger partial charge >= 0.3 is 6.18 Å². The van der Waals surface area contributed by atoms with E-state index in [0.29, 0.717) is 24.8 Å². The van der Waals surface area contributed by atoms with E-state index in [1.807, 2.05) is 11.4 Å². The fourth-order valence-corrected chi connectivity index (χ4v) is 3.39. The average Bonchev–Trinajstić information content (AvgIpc) is 2.89. The fraction of sp³-hybridized carbons (Fsp3) is 0.455. The minimum atomic E-state index is -4.16. The largest absolute Gasteiger partial charge is 0.401 e. The smallest absolute Gasteiger partial charge is 0.339 e. The molecule has 4 nitrogen and oxygen atoms in total. The predicted molar refractivity (Wildman–Crippen MR) is 70.5 cm³/mol. The van der Waals surface area contributed by atoms with Crippen LogP contribution in [0.5, 0.6) is 0 Å². The van der Waals surface area contributed by atoms with Crippen LogP contribution in [-0.2, 0) is 0 Å². The molecule has 0 spiro atoms. The zero-order chi connectivity index (χ0) is 14.3. The van der Waals surface area contributed by atoms with Gasteiger partial charge in [-0.05, 0) is 22.0 Å². The summed E-state index contributed by atoms with van der Waals surface area (Å²) < 4.78 is 42.6. The number of hydrogen-bond donors (Lipinski definition) is 0. The molecule has 0 atom stereocenters. The highest BCUT2D eigenvalue weighted by Gasteiger charge is 2.39. The minimum absolute atomic E-state index is 0.109. The molecule has 3 rings (SSSR count). The van der Waals surface area contributed by atoms with Gasteiger partial charge in [0.1, 0.15) is 0 Å². The van der Waals surface area contributed by atoms with Gasteiger partial charge in [-0.3, -0.25) is 4.90 Å². The molecule has 108 valence electrons. The molecule has 0 N–H and O–H groups in total. The number of aromatic nitrogens is 2. The summed E-state index contributed by atoms with van der Waals surface area (Å²) >= 11 is 4.81. The number of alkyl halides is 3. The Hall–Kier alpha value is -0.930. The van der Waals surface area contributed by atoms with Crippen molar-refractivity contribution in [1.29, 1.82) is 0 Å². The zero-order valence-corrected chi connectivity index (χ0v) is 12.4. The SMILES string of the molecule is FC(F)(F)CN1CC(c2nc(-c3cc(Br)cs3)no2)C1. The van der Waals surface area contributed by atoms with Crippen molar-refractivity contribution < 1.29 is 17.7 Å². The van der Waals surface area contributed by atoms with Crippen LogP contribution in [0, 0.1) is 0 Å². The molecule has 2 aromatic rings. The topological polar surface area (TPSA) is 42.2 Å². The van der Waals surface area contributed by atoms with Crippen LogP contribution < -0.4 is 0 Å². The van der Waals surface area contributed by atoms with E-state index in [9.17, 15) is 13.2 Å². The van der Waals surface area contributed by atoms with Crippen LogP contribution in [0.2, 0.25) is 0 Å². The third kappa shape index (κ3) is 3.04. The summed E-state index contributed by atoms with van der Waals surface area (Å²) in [5, 5.41) is 5.77. The summed E-state index contributed by atoms with van der Waals surface area (Å²) in [5.41, 5.74) is 0. The number of rotatable bonds is 3. The molecule has 20 heavy (non-hydrogen) atoms. The number of likely N-dealkylation sites (tertiary alicyclic amines) is 1. The molecule has 0 aliphatic carbocycles. The van der Waals surface area contributed by atoms with Crippen LogP contribution in [0.25, 0.3) is 10.7 Å². The van der Waals surface area contributed by atoms with Gasteiger partial charge in [0.25, 0.3) is 0 Å². The van der Waals surface area contributed by atoms with E-state index in [0.717, 1.165) is 9.35 Å². The van der Waals surface area contributed by atoms with E-state index in [4.69, 9.17) is 4.52 Å². The molecule has 0 aromatic carbocycles. The molecule has 1 aliphatic heterocycles. The second kappa shape index (κ2) is 5.12. The van der Waals surface area contributed by atoms with Crippen LogP contribution in [0.3, 0.4) is 0 Å². The van der Waals surface area contributed by atoms with Gasteiger partial charge < -0.3 is 4.52 Å². The monoisotopic (exact) mass is 367 g/mol. The first-order valence-corrected chi connectivity index (χ1v) is 7.45. The van der Waals surface area contributed by atoms with Crippen LogP contribution in [-0.4, -0.2) is 40.9 Å². The van der Waals surface area contributed by atoms with Crippen LogP contribution in [0.15, 0.2) is 20.4 Å². The van der Waals surface area contributed by atoms with Gasteiger partial charge in [0.2, 0.25) is 11.7 Å². The normalized spacial score (nSPS) is 17.4. The Morgan fingerprint density at radius 1 is 1.45 bits per heavy atom. The summed E-state index contributed by atoms with van der Waals surface area (Å²) in [4.78, 5) is 6.43. The lowest BCUT2D eigenvalue weighted by atomic mass is 10.0. The first-order valence-electron chi connectivity index (χ1n) is 5.78. The molecule has 0 bridgehead atoms. The van der Waals surface area contributed by atoms with E-state index >= 15 is 0 Å². The van der Waals surface area contributed by atoms with E-state index in [2.05, 4.69) is 26.1 Å². The molecule has 1 fully saturated rings. The molecule has 0 amide bonds. The summed E-state index contributed by atoms with van der Waals surface area (Å²) in [5.74, 6) is 0.773. The lowest BCUT2D eigenvalue weighted by Crippen LogP contribution is -2.49. The lowest BCUT2D eigenvalue weighted by Gasteiger charge is -2.37. The second-order valence-electron chi connectivity index (χ2n) is 4.59. The molecule has 0 saturated carbocycles. The highest BCUT2D eigenvalue weighted by Crippen LogP contribution is 2.32. The highest BCUT2D eigenvalue weighted by molar-refractivity contribution is 9.10. The maximum absolute atomic E-state index is 12.2. The Balaban J connectivity index is 1.62.